The van der Waals surface area contributed by atoms with E-state index >= 15 is 0 Å². The fraction of sp³-hybridized carbons (Fsp3) is 0.417. The van der Waals surface area contributed by atoms with Gasteiger partial charge in [-0.05, 0) is 24.5 Å². The highest BCUT2D eigenvalue weighted by Gasteiger charge is 2.43. The van der Waals surface area contributed by atoms with Crippen LogP contribution in [0.2, 0.25) is 0 Å². The van der Waals surface area contributed by atoms with Crippen LogP contribution in [0.5, 0.6) is 0 Å². The van der Waals surface area contributed by atoms with E-state index in [0.717, 1.165) is 18.4 Å². The van der Waals surface area contributed by atoms with Crippen molar-refractivity contribution in [2.24, 2.45) is 7.05 Å². The molecule has 1 aliphatic rings. The van der Waals surface area contributed by atoms with Gasteiger partial charge in [-0.3, -0.25) is 0 Å². The van der Waals surface area contributed by atoms with E-state index in [0.29, 0.717) is 5.69 Å². The normalized spacial score (nSPS) is 16.9. The maximum atomic E-state index is 11.4. The number of rotatable bonds is 2. The standard InChI is InChI=1S/C12H13NO2/c1-4-12(5-6-12)9-7-10(11(14)15-3)13(2)8-9/h1,7-8H,5-6H2,2-3H3. The molecular formula is C12H13NO2. The molecule has 0 bridgehead atoms. The molecule has 0 radical (unpaired) electrons. The molecule has 0 spiro atoms. The van der Waals surface area contributed by atoms with Crippen molar-refractivity contribution in [3.8, 4) is 12.3 Å². The minimum Gasteiger partial charge on any atom is -0.464 e. The molecule has 1 aromatic heterocycles. The molecule has 0 aliphatic heterocycles. The van der Waals surface area contributed by atoms with Crippen molar-refractivity contribution < 1.29 is 9.53 Å². The Morgan fingerprint density at radius 2 is 2.33 bits per heavy atom. The second-order valence-corrected chi connectivity index (χ2v) is 3.94. The number of carbonyl (C=O) groups is 1. The van der Waals surface area contributed by atoms with Gasteiger partial charge in [-0.1, -0.05) is 5.92 Å². The third-order valence-electron chi connectivity index (χ3n) is 2.98. The molecule has 1 aliphatic carbocycles. The van der Waals surface area contributed by atoms with Gasteiger partial charge in [0.05, 0.1) is 12.5 Å². The summed E-state index contributed by atoms with van der Waals surface area (Å²) in [6.07, 6.45) is 9.43. The predicted octanol–water partition coefficient (Wildman–Crippen LogP) is 1.48. The molecule has 0 aromatic carbocycles. The van der Waals surface area contributed by atoms with Crippen LogP contribution >= 0.6 is 0 Å². The Bertz CT molecular complexity index is 447. The van der Waals surface area contributed by atoms with Gasteiger partial charge in [-0.25, -0.2) is 4.79 Å². The van der Waals surface area contributed by atoms with Crippen LogP contribution in [0.25, 0.3) is 0 Å². The number of nitrogens with zero attached hydrogens (tertiary/aromatic N) is 1. The summed E-state index contributed by atoms with van der Waals surface area (Å²) in [4.78, 5) is 11.4. The summed E-state index contributed by atoms with van der Waals surface area (Å²) in [7, 11) is 3.20. The molecule has 3 heteroatoms. The first-order valence-electron chi connectivity index (χ1n) is 4.86. The zero-order valence-electron chi connectivity index (χ0n) is 8.91. The second kappa shape index (κ2) is 3.16. The molecule has 0 N–H and O–H groups in total. The van der Waals surface area contributed by atoms with Gasteiger partial charge in [0.25, 0.3) is 0 Å². The SMILES string of the molecule is C#CC1(c2cc(C(=O)OC)n(C)c2)CC1. The summed E-state index contributed by atoms with van der Waals surface area (Å²) in [5.74, 6) is 2.48. The van der Waals surface area contributed by atoms with E-state index in [1.54, 1.807) is 4.57 Å². The lowest BCUT2D eigenvalue weighted by Crippen LogP contribution is -2.06. The van der Waals surface area contributed by atoms with Crippen molar-refractivity contribution in [2.45, 2.75) is 18.3 Å². The average molecular weight is 203 g/mol. The highest BCUT2D eigenvalue weighted by Crippen LogP contribution is 2.47. The summed E-state index contributed by atoms with van der Waals surface area (Å²) in [5, 5.41) is 0. The molecular weight excluding hydrogens is 190 g/mol. The second-order valence-electron chi connectivity index (χ2n) is 3.94. The van der Waals surface area contributed by atoms with Crippen LogP contribution in [-0.4, -0.2) is 17.6 Å². The zero-order valence-corrected chi connectivity index (χ0v) is 8.91. The minimum absolute atomic E-state index is 0.121. The molecule has 1 aromatic rings. The number of hydrogen-bond acceptors (Lipinski definition) is 2. The monoisotopic (exact) mass is 203 g/mol. The molecule has 2 rings (SSSR count). The molecule has 78 valence electrons. The molecule has 15 heavy (non-hydrogen) atoms. The van der Waals surface area contributed by atoms with Crippen LogP contribution in [0, 0.1) is 12.3 Å². The number of methoxy groups -OCH3 is 1. The first kappa shape index (κ1) is 9.85. The Morgan fingerprint density at radius 3 is 2.80 bits per heavy atom. The highest BCUT2D eigenvalue weighted by atomic mass is 16.5. The number of carbonyl (C=O) groups excluding carboxylic acids is 1. The average Bonchev–Trinajstić information content (AvgIpc) is 2.96. The van der Waals surface area contributed by atoms with Gasteiger partial charge in [-0.2, -0.15) is 0 Å². The van der Waals surface area contributed by atoms with Crippen LogP contribution in [-0.2, 0) is 17.2 Å². The maximum Gasteiger partial charge on any atom is 0.354 e. The zero-order chi connectivity index (χ0) is 11.1. The third-order valence-corrected chi connectivity index (χ3v) is 2.98. The number of esters is 1. The van der Waals surface area contributed by atoms with E-state index in [-0.39, 0.29) is 11.4 Å². The predicted molar refractivity (Wildman–Crippen MR) is 56.5 cm³/mol. The lowest BCUT2D eigenvalue weighted by atomic mass is 10.0. The smallest absolute Gasteiger partial charge is 0.354 e. The fourth-order valence-corrected chi connectivity index (χ4v) is 1.78. The Labute approximate surface area is 89.0 Å². The summed E-state index contributed by atoms with van der Waals surface area (Å²) in [5.41, 5.74) is 1.48. The van der Waals surface area contributed by atoms with Crippen molar-refractivity contribution in [2.75, 3.05) is 7.11 Å². The largest absolute Gasteiger partial charge is 0.464 e. The Hall–Kier alpha value is -1.69. The van der Waals surface area contributed by atoms with Crippen LogP contribution < -0.4 is 0 Å². The van der Waals surface area contributed by atoms with Crippen molar-refractivity contribution in [3.63, 3.8) is 0 Å². The Balaban J connectivity index is 2.38. The van der Waals surface area contributed by atoms with Crippen molar-refractivity contribution in [3.05, 3.63) is 23.5 Å². The van der Waals surface area contributed by atoms with Gasteiger partial charge in [0.1, 0.15) is 5.69 Å². The summed E-state index contributed by atoms with van der Waals surface area (Å²) in [6.45, 7) is 0. The number of hydrogen-bond donors (Lipinski definition) is 0. The highest BCUT2D eigenvalue weighted by molar-refractivity contribution is 5.88. The van der Waals surface area contributed by atoms with E-state index in [1.807, 2.05) is 19.3 Å². The molecule has 0 amide bonds. The van der Waals surface area contributed by atoms with Gasteiger partial charge in [0, 0.05) is 13.2 Å². The first-order chi connectivity index (χ1) is 7.13. The van der Waals surface area contributed by atoms with E-state index in [9.17, 15) is 4.79 Å². The third kappa shape index (κ3) is 1.42. The summed E-state index contributed by atoms with van der Waals surface area (Å²) < 4.78 is 6.45. The number of terminal acetylenes is 1. The lowest BCUT2D eigenvalue weighted by molar-refractivity contribution is 0.0590. The number of ether oxygens (including phenoxy) is 1. The van der Waals surface area contributed by atoms with Gasteiger partial charge in [-0.15, -0.1) is 6.42 Å². The number of aryl methyl sites for hydroxylation is 1. The number of aromatic nitrogens is 1. The van der Waals surface area contributed by atoms with Crippen LogP contribution in [0.1, 0.15) is 28.9 Å². The molecule has 3 nitrogen and oxygen atoms in total. The van der Waals surface area contributed by atoms with Gasteiger partial charge < -0.3 is 9.30 Å². The van der Waals surface area contributed by atoms with Gasteiger partial charge in [0.15, 0.2) is 0 Å². The van der Waals surface area contributed by atoms with E-state index < -0.39 is 0 Å². The van der Waals surface area contributed by atoms with Crippen molar-refractivity contribution in [1.29, 1.82) is 0 Å². The minimum atomic E-state index is -0.323. The van der Waals surface area contributed by atoms with Crippen LogP contribution in [0.4, 0.5) is 0 Å². The summed E-state index contributed by atoms with van der Waals surface area (Å²) >= 11 is 0. The quantitative estimate of drug-likeness (QED) is 0.538. The van der Waals surface area contributed by atoms with Crippen molar-refractivity contribution in [1.82, 2.24) is 4.57 Å². The Morgan fingerprint density at radius 1 is 1.67 bits per heavy atom. The van der Waals surface area contributed by atoms with Gasteiger partial charge >= 0.3 is 5.97 Å². The fourth-order valence-electron chi connectivity index (χ4n) is 1.78. The van der Waals surface area contributed by atoms with E-state index in [4.69, 9.17) is 6.42 Å². The molecule has 1 saturated carbocycles. The molecule has 0 unspecified atom stereocenters. The summed E-state index contributed by atoms with van der Waals surface area (Å²) in [6, 6.07) is 1.83. The van der Waals surface area contributed by atoms with Crippen molar-refractivity contribution >= 4 is 5.97 Å². The lowest BCUT2D eigenvalue weighted by Gasteiger charge is -2.01. The van der Waals surface area contributed by atoms with Crippen LogP contribution in [0.15, 0.2) is 12.3 Å². The Kier molecular flexibility index (Phi) is 2.08. The molecule has 1 heterocycles. The van der Waals surface area contributed by atoms with Gasteiger partial charge in [0.2, 0.25) is 0 Å². The first-order valence-corrected chi connectivity index (χ1v) is 4.86. The molecule has 1 fully saturated rings. The molecule has 0 saturated heterocycles. The molecule has 0 atom stereocenters. The van der Waals surface area contributed by atoms with E-state index in [2.05, 4.69) is 10.7 Å². The maximum absolute atomic E-state index is 11.4. The van der Waals surface area contributed by atoms with E-state index in [1.165, 1.54) is 7.11 Å². The topological polar surface area (TPSA) is 31.2 Å². The van der Waals surface area contributed by atoms with Crippen LogP contribution in [0.3, 0.4) is 0 Å².